The number of fused-ring (bicyclic) bond motifs is 2. The zero-order chi connectivity index (χ0) is 24.1. The summed E-state index contributed by atoms with van der Waals surface area (Å²) in [5.41, 5.74) is 0.955. The maximum Gasteiger partial charge on any atom is 0.264 e. The summed E-state index contributed by atoms with van der Waals surface area (Å²) in [6.45, 7) is 0.304. The number of rotatable bonds is 4. The Hall–Kier alpha value is -3.35. The number of primary sulfonamides is 1. The lowest BCUT2D eigenvalue weighted by atomic mass is 10.1. The zero-order valence-corrected chi connectivity index (χ0v) is 19.2. The number of halogens is 1. The summed E-state index contributed by atoms with van der Waals surface area (Å²) >= 11 is 0. The van der Waals surface area contributed by atoms with Crippen molar-refractivity contribution in [1.29, 1.82) is 0 Å². The Morgan fingerprint density at radius 2 is 1.56 bits per heavy atom. The van der Waals surface area contributed by atoms with E-state index in [1.54, 1.807) is 18.2 Å². The van der Waals surface area contributed by atoms with Crippen molar-refractivity contribution in [2.75, 3.05) is 24.1 Å². The maximum atomic E-state index is 13.3. The van der Waals surface area contributed by atoms with Crippen molar-refractivity contribution in [1.82, 2.24) is 0 Å². The Morgan fingerprint density at radius 1 is 0.853 bits per heavy atom. The van der Waals surface area contributed by atoms with Crippen LogP contribution in [-0.4, -0.2) is 36.6 Å². The summed E-state index contributed by atoms with van der Waals surface area (Å²) in [6.07, 6.45) is -0.588. The van der Waals surface area contributed by atoms with Gasteiger partial charge in [-0.1, -0.05) is 6.07 Å². The van der Waals surface area contributed by atoms with Gasteiger partial charge in [-0.3, -0.25) is 4.31 Å². The molecular weight excluding hydrogens is 487 g/mol. The van der Waals surface area contributed by atoms with Crippen LogP contribution in [0.1, 0.15) is 11.7 Å². The van der Waals surface area contributed by atoms with Crippen LogP contribution < -0.4 is 23.7 Å². The molecule has 0 amide bonds. The highest BCUT2D eigenvalue weighted by molar-refractivity contribution is 7.92. The van der Waals surface area contributed by atoms with E-state index in [9.17, 15) is 21.2 Å². The number of hydrogen-bond donors (Lipinski definition) is 1. The molecule has 3 aromatic rings. The Kier molecular flexibility index (Phi) is 5.38. The molecule has 0 saturated heterocycles. The molecule has 2 heterocycles. The summed E-state index contributed by atoms with van der Waals surface area (Å²) < 4.78 is 81.5. The average Bonchev–Trinajstić information content (AvgIpc) is 2.82. The van der Waals surface area contributed by atoms with Gasteiger partial charge in [0.15, 0.2) is 17.6 Å². The molecule has 0 radical (unpaired) electrons. The second kappa shape index (κ2) is 8.15. The van der Waals surface area contributed by atoms with Gasteiger partial charge in [-0.25, -0.2) is 26.4 Å². The van der Waals surface area contributed by atoms with Gasteiger partial charge in [-0.2, -0.15) is 0 Å². The van der Waals surface area contributed by atoms with E-state index < -0.39 is 32.0 Å². The molecule has 34 heavy (non-hydrogen) atoms. The fraction of sp³-hybridized carbons (Fsp3) is 0.182. The molecule has 0 bridgehead atoms. The third kappa shape index (κ3) is 4.04. The van der Waals surface area contributed by atoms with Crippen molar-refractivity contribution in [3.8, 4) is 17.2 Å². The Morgan fingerprint density at radius 3 is 2.29 bits per heavy atom. The second-order valence-corrected chi connectivity index (χ2v) is 11.1. The van der Waals surface area contributed by atoms with Crippen LogP contribution in [0.3, 0.4) is 0 Å². The van der Waals surface area contributed by atoms with E-state index in [1.807, 2.05) is 0 Å². The predicted octanol–water partition coefficient (Wildman–Crippen LogP) is 2.57. The number of nitrogens with zero attached hydrogens (tertiary/aromatic N) is 1. The first-order valence-corrected chi connectivity index (χ1v) is 13.1. The van der Waals surface area contributed by atoms with E-state index in [-0.39, 0.29) is 35.3 Å². The Bertz CT molecular complexity index is 1480. The fourth-order valence-electron chi connectivity index (χ4n) is 3.79. The average molecular weight is 507 g/mol. The standard InChI is InChI=1S/C22H19FN2O7S2/c23-15-2-4-16(5-3-15)34(28,29)25-9-10-30-19-7-1-14(11-18(19)25)22-13-31-21-12-17(33(24,26)27)6-8-20(21)32-22/h1-8,11-12,22H,9-10,13H2,(H2,24,26,27). The minimum absolute atomic E-state index is 0.0380. The van der Waals surface area contributed by atoms with E-state index >= 15 is 0 Å². The SMILES string of the molecule is NS(=O)(=O)c1ccc2c(c1)OCC(c1ccc3c(c1)N(S(=O)(=O)c1ccc(F)cc1)CCO3)O2. The van der Waals surface area contributed by atoms with E-state index in [1.165, 1.54) is 34.6 Å². The number of hydrogen-bond acceptors (Lipinski definition) is 7. The highest BCUT2D eigenvalue weighted by Crippen LogP contribution is 2.41. The van der Waals surface area contributed by atoms with Crippen molar-refractivity contribution in [2.24, 2.45) is 5.14 Å². The largest absolute Gasteiger partial charge is 0.489 e. The lowest BCUT2D eigenvalue weighted by Gasteiger charge is -2.32. The van der Waals surface area contributed by atoms with E-state index in [0.717, 1.165) is 12.1 Å². The molecule has 9 nitrogen and oxygen atoms in total. The molecule has 1 unspecified atom stereocenters. The summed E-state index contributed by atoms with van der Waals surface area (Å²) in [6, 6.07) is 13.7. The van der Waals surface area contributed by atoms with Gasteiger partial charge in [0.05, 0.1) is 22.0 Å². The third-order valence-corrected chi connectivity index (χ3v) is 8.22. The van der Waals surface area contributed by atoms with Gasteiger partial charge < -0.3 is 14.2 Å². The number of nitrogens with two attached hydrogens (primary N) is 1. The quantitative estimate of drug-likeness (QED) is 0.577. The van der Waals surface area contributed by atoms with Crippen molar-refractivity contribution < 1.29 is 35.4 Å². The number of sulfonamides is 2. The van der Waals surface area contributed by atoms with E-state index in [4.69, 9.17) is 19.3 Å². The van der Waals surface area contributed by atoms with Gasteiger partial charge in [0.25, 0.3) is 10.0 Å². The first-order chi connectivity index (χ1) is 16.1. The summed E-state index contributed by atoms with van der Waals surface area (Å²) in [5, 5.41) is 5.16. The second-order valence-electron chi connectivity index (χ2n) is 7.68. The van der Waals surface area contributed by atoms with Crippen LogP contribution in [0.25, 0.3) is 0 Å². The highest BCUT2D eigenvalue weighted by Gasteiger charge is 2.32. The first-order valence-electron chi connectivity index (χ1n) is 10.1. The first kappa shape index (κ1) is 22.4. The molecule has 5 rings (SSSR count). The third-order valence-electron chi connectivity index (χ3n) is 5.48. The van der Waals surface area contributed by atoms with Crippen molar-refractivity contribution in [3.63, 3.8) is 0 Å². The zero-order valence-electron chi connectivity index (χ0n) is 17.5. The van der Waals surface area contributed by atoms with Crippen LogP contribution in [0.5, 0.6) is 17.2 Å². The van der Waals surface area contributed by atoms with Gasteiger partial charge in [-0.15, -0.1) is 0 Å². The predicted molar refractivity (Wildman–Crippen MR) is 120 cm³/mol. The van der Waals surface area contributed by atoms with Gasteiger partial charge in [0.1, 0.15) is 24.8 Å². The van der Waals surface area contributed by atoms with Crippen LogP contribution in [0.15, 0.2) is 70.5 Å². The number of ether oxygens (including phenoxy) is 3. The van der Waals surface area contributed by atoms with Crippen LogP contribution in [-0.2, 0) is 20.0 Å². The molecule has 0 fully saturated rings. The molecule has 0 aliphatic carbocycles. The molecule has 2 aliphatic rings. The van der Waals surface area contributed by atoms with Gasteiger partial charge in [0, 0.05) is 6.07 Å². The smallest absolute Gasteiger partial charge is 0.264 e. The number of anilines is 1. The van der Waals surface area contributed by atoms with E-state index in [0.29, 0.717) is 22.7 Å². The highest BCUT2D eigenvalue weighted by atomic mass is 32.2. The number of benzene rings is 3. The lowest BCUT2D eigenvalue weighted by Crippen LogP contribution is -2.38. The molecule has 0 spiro atoms. The van der Waals surface area contributed by atoms with Gasteiger partial charge >= 0.3 is 0 Å². The van der Waals surface area contributed by atoms with Crippen LogP contribution in [0, 0.1) is 5.82 Å². The summed E-state index contributed by atoms with van der Waals surface area (Å²) in [7, 11) is -7.85. The molecule has 0 saturated carbocycles. The van der Waals surface area contributed by atoms with Crippen molar-refractivity contribution >= 4 is 25.7 Å². The Balaban J connectivity index is 1.47. The molecule has 12 heteroatoms. The minimum atomic E-state index is -3.96. The molecule has 178 valence electrons. The minimum Gasteiger partial charge on any atom is -0.489 e. The van der Waals surface area contributed by atoms with Crippen molar-refractivity contribution in [2.45, 2.75) is 15.9 Å². The Labute approximate surface area is 195 Å². The fourth-order valence-corrected chi connectivity index (χ4v) is 5.77. The maximum absolute atomic E-state index is 13.3. The molecule has 3 aromatic carbocycles. The molecule has 0 aromatic heterocycles. The van der Waals surface area contributed by atoms with Gasteiger partial charge in [-0.05, 0) is 54.1 Å². The molecule has 2 aliphatic heterocycles. The molecule has 2 N–H and O–H groups in total. The monoisotopic (exact) mass is 506 g/mol. The van der Waals surface area contributed by atoms with Crippen LogP contribution in [0.4, 0.5) is 10.1 Å². The summed E-state index contributed by atoms with van der Waals surface area (Å²) in [5.74, 6) is 0.420. The van der Waals surface area contributed by atoms with Crippen LogP contribution in [0.2, 0.25) is 0 Å². The lowest BCUT2D eigenvalue weighted by molar-refractivity contribution is 0.0909. The van der Waals surface area contributed by atoms with Crippen LogP contribution >= 0.6 is 0 Å². The summed E-state index contributed by atoms with van der Waals surface area (Å²) in [4.78, 5) is -0.134. The van der Waals surface area contributed by atoms with E-state index in [2.05, 4.69) is 0 Å². The molecular formula is C22H19FN2O7S2. The van der Waals surface area contributed by atoms with Crippen molar-refractivity contribution in [3.05, 3.63) is 72.0 Å². The topological polar surface area (TPSA) is 125 Å². The molecule has 1 atom stereocenters. The van der Waals surface area contributed by atoms with Gasteiger partial charge in [0.2, 0.25) is 10.0 Å². The normalized spacial score (nSPS) is 17.6.